The molecule has 0 atom stereocenters. The fourth-order valence-corrected chi connectivity index (χ4v) is 4.81. The van der Waals surface area contributed by atoms with Gasteiger partial charge in [0.05, 0.1) is 0 Å². The van der Waals surface area contributed by atoms with Crippen LogP contribution in [0.1, 0.15) is 34.3 Å². The zero-order valence-electron chi connectivity index (χ0n) is 19.6. The molecule has 1 fully saturated rings. The lowest BCUT2D eigenvalue weighted by Gasteiger charge is -2.39. The molecule has 188 valence electrons. The van der Waals surface area contributed by atoms with Crippen LogP contribution < -0.4 is 5.32 Å². The molecule has 2 N–H and O–H groups in total. The summed E-state index contributed by atoms with van der Waals surface area (Å²) in [6, 6.07) is 22.8. The van der Waals surface area contributed by atoms with Gasteiger partial charge in [0.1, 0.15) is 0 Å². The number of likely N-dealkylation sites (tertiary alicyclic amines) is 1. The summed E-state index contributed by atoms with van der Waals surface area (Å²) in [5, 5.41) is 12.5. The van der Waals surface area contributed by atoms with Gasteiger partial charge in [-0.05, 0) is 60.0 Å². The smallest absolute Gasteiger partial charge is 0.475 e. The van der Waals surface area contributed by atoms with Crippen LogP contribution >= 0.6 is 0 Å². The number of alkyl halides is 3. The SMILES string of the molecule is O=C(NCCN1CCC2(C=Cc3ccccc32)CC1)c1ccc2ccccc2c1.O=C(O)C(F)(F)F. The van der Waals surface area contributed by atoms with E-state index in [0.29, 0.717) is 6.54 Å². The van der Waals surface area contributed by atoms with Gasteiger partial charge in [0, 0.05) is 24.1 Å². The second-order valence-corrected chi connectivity index (χ2v) is 9.04. The van der Waals surface area contributed by atoms with Crippen LogP contribution in [0.25, 0.3) is 16.8 Å². The molecule has 2 aliphatic rings. The highest BCUT2D eigenvalue weighted by Crippen LogP contribution is 2.43. The van der Waals surface area contributed by atoms with E-state index in [0.717, 1.165) is 48.8 Å². The van der Waals surface area contributed by atoms with Gasteiger partial charge in [-0.15, -0.1) is 0 Å². The molecule has 0 unspecified atom stereocenters. The van der Waals surface area contributed by atoms with Crippen molar-refractivity contribution < 1.29 is 27.9 Å². The van der Waals surface area contributed by atoms with E-state index in [4.69, 9.17) is 9.90 Å². The maximum Gasteiger partial charge on any atom is 0.490 e. The normalized spacial score (nSPS) is 16.3. The van der Waals surface area contributed by atoms with E-state index in [1.807, 2.05) is 36.4 Å². The number of fused-ring (bicyclic) bond motifs is 3. The number of hydrogen-bond acceptors (Lipinski definition) is 3. The predicted molar refractivity (Wildman–Crippen MR) is 133 cm³/mol. The molecule has 1 aliphatic carbocycles. The van der Waals surface area contributed by atoms with Crippen molar-refractivity contribution in [3.8, 4) is 0 Å². The quantitative estimate of drug-likeness (QED) is 0.517. The van der Waals surface area contributed by atoms with Gasteiger partial charge in [-0.2, -0.15) is 13.2 Å². The Morgan fingerprint density at radius 1 is 0.944 bits per heavy atom. The van der Waals surface area contributed by atoms with E-state index >= 15 is 0 Å². The number of aliphatic carboxylic acids is 1. The molecule has 3 aromatic rings. The Morgan fingerprint density at radius 3 is 2.28 bits per heavy atom. The first kappa shape index (κ1) is 25.4. The second kappa shape index (κ2) is 10.5. The van der Waals surface area contributed by atoms with Gasteiger partial charge in [-0.1, -0.05) is 66.7 Å². The number of hydrogen-bond donors (Lipinski definition) is 2. The Morgan fingerprint density at radius 2 is 1.58 bits per heavy atom. The fraction of sp³-hybridized carbons (Fsp3) is 0.286. The van der Waals surface area contributed by atoms with E-state index in [9.17, 15) is 18.0 Å². The Balaban J connectivity index is 0.000000384. The summed E-state index contributed by atoms with van der Waals surface area (Å²) in [4.78, 5) is 23.9. The Hall–Kier alpha value is -3.65. The van der Waals surface area contributed by atoms with Crippen molar-refractivity contribution >= 4 is 28.7 Å². The molecule has 0 aromatic heterocycles. The zero-order chi connectivity index (χ0) is 25.8. The number of allylic oxidation sites excluding steroid dienone is 1. The second-order valence-electron chi connectivity index (χ2n) is 9.04. The first-order valence-corrected chi connectivity index (χ1v) is 11.8. The van der Waals surface area contributed by atoms with Crippen LogP contribution in [0.5, 0.6) is 0 Å². The van der Waals surface area contributed by atoms with Crippen LogP contribution in [0.3, 0.4) is 0 Å². The molecule has 1 saturated heterocycles. The van der Waals surface area contributed by atoms with Crippen LogP contribution in [0.15, 0.2) is 72.8 Å². The zero-order valence-corrected chi connectivity index (χ0v) is 19.6. The van der Waals surface area contributed by atoms with E-state index < -0.39 is 12.1 Å². The average Bonchev–Trinajstić information content (AvgIpc) is 3.23. The highest BCUT2D eigenvalue weighted by molar-refractivity contribution is 5.98. The lowest BCUT2D eigenvalue weighted by Crippen LogP contribution is -2.44. The van der Waals surface area contributed by atoms with Crippen molar-refractivity contribution in [2.75, 3.05) is 26.2 Å². The van der Waals surface area contributed by atoms with Crippen molar-refractivity contribution in [2.45, 2.75) is 24.4 Å². The summed E-state index contributed by atoms with van der Waals surface area (Å²) in [5.41, 5.74) is 3.82. The largest absolute Gasteiger partial charge is 0.490 e. The van der Waals surface area contributed by atoms with E-state index in [1.54, 1.807) is 0 Å². The van der Waals surface area contributed by atoms with E-state index in [1.165, 1.54) is 11.1 Å². The molecule has 0 radical (unpaired) electrons. The molecule has 1 spiro atoms. The monoisotopic (exact) mass is 496 g/mol. The van der Waals surface area contributed by atoms with Gasteiger partial charge < -0.3 is 15.3 Å². The summed E-state index contributed by atoms with van der Waals surface area (Å²) >= 11 is 0. The predicted octanol–water partition coefficient (Wildman–Crippen LogP) is 5.26. The molecule has 1 heterocycles. The molecule has 0 saturated carbocycles. The number of carboxylic acid groups (broad SMARTS) is 1. The number of benzene rings is 3. The molecule has 36 heavy (non-hydrogen) atoms. The number of piperidine rings is 1. The number of rotatable bonds is 4. The Kier molecular flexibility index (Phi) is 7.45. The minimum absolute atomic E-state index is 0.0110. The molecule has 0 bridgehead atoms. The van der Waals surface area contributed by atoms with Gasteiger partial charge in [0.25, 0.3) is 5.91 Å². The van der Waals surface area contributed by atoms with Crippen LogP contribution in [0.4, 0.5) is 13.2 Å². The van der Waals surface area contributed by atoms with Gasteiger partial charge in [0.2, 0.25) is 0 Å². The summed E-state index contributed by atoms with van der Waals surface area (Å²) in [5.74, 6) is -2.75. The van der Waals surface area contributed by atoms with E-state index in [-0.39, 0.29) is 11.3 Å². The molecular weight excluding hydrogens is 469 g/mol. The number of carboxylic acids is 1. The standard InChI is InChI=1S/C26H26N2O.C2HF3O2/c29-25(23-10-9-20-5-1-2-7-22(20)19-23)27-15-18-28-16-13-26(14-17-28)12-11-21-6-3-4-8-24(21)26;3-2(4,5)1(6)7/h1-12,19H,13-18H2,(H,27,29);(H,6,7). The first-order chi connectivity index (χ1) is 17.2. The van der Waals surface area contributed by atoms with Crippen LogP contribution in [-0.4, -0.2) is 54.2 Å². The van der Waals surface area contributed by atoms with Crippen LogP contribution in [0, 0.1) is 0 Å². The molecule has 1 aliphatic heterocycles. The van der Waals surface area contributed by atoms with E-state index in [2.05, 4.69) is 52.7 Å². The topological polar surface area (TPSA) is 69.6 Å². The van der Waals surface area contributed by atoms with Crippen molar-refractivity contribution in [1.82, 2.24) is 10.2 Å². The number of nitrogens with one attached hydrogen (secondary N) is 1. The fourth-order valence-electron chi connectivity index (χ4n) is 4.81. The minimum atomic E-state index is -5.08. The number of nitrogens with zero attached hydrogens (tertiary/aromatic N) is 1. The van der Waals surface area contributed by atoms with Gasteiger partial charge in [0.15, 0.2) is 0 Å². The number of halogens is 3. The van der Waals surface area contributed by atoms with Gasteiger partial charge in [-0.25, -0.2) is 4.79 Å². The number of carbonyl (C=O) groups is 2. The lowest BCUT2D eigenvalue weighted by atomic mass is 9.74. The molecule has 5 nitrogen and oxygen atoms in total. The van der Waals surface area contributed by atoms with Crippen molar-refractivity contribution in [3.05, 3.63) is 89.5 Å². The third-order valence-electron chi connectivity index (χ3n) is 6.80. The molecular formula is C28H27F3N2O3. The van der Waals surface area contributed by atoms with Gasteiger partial charge >= 0.3 is 12.1 Å². The van der Waals surface area contributed by atoms with Crippen LogP contribution in [0.2, 0.25) is 0 Å². The third-order valence-corrected chi connectivity index (χ3v) is 6.80. The lowest BCUT2D eigenvalue weighted by molar-refractivity contribution is -0.192. The maximum absolute atomic E-state index is 12.5. The minimum Gasteiger partial charge on any atom is -0.475 e. The summed E-state index contributed by atoms with van der Waals surface area (Å²) in [6.07, 6.45) is 1.92. The van der Waals surface area contributed by atoms with Crippen molar-refractivity contribution in [1.29, 1.82) is 0 Å². The molecule has 5 rings (SSSR count). The molecule has 3 aromatic carbocycles. The maximum atomic E-state index is 12.5. The molecule has 1 amide bonds. The Bertz CT molecular complexity index is 1280. The number of carbonyl (C=O) groups excluding carboxylic acids is 1. The third kappa shape index (κ3) is 5.76. The summed E-state index contributed by atoms with van der Waals surface area (Å²) in [6.45, 7) is 3.74. The highest BCUT2D eigenvalue weighted by Gasteiger charge is 2.38. The van der Waals surface area contributed by atoms with Crippen molar-refractivity contribution in [2.24, 2.45) is 0 Å². The highest BCUT2D eigenvalue weighted by atomic mass is 19.4. The molecule has 8 heteroatoms. The van der Waals surface area contributed by atoms with Crippen LogP contribution in [-0.2, 0) is 10.2 Å². The van der Waals surface area contributed by atoms with Crippen molar-refractivity contribution in [3.63, 3.8) is 0 Å². The number of amides is 1. The average molecular weight is 497 g/mol. The summed E-state index contributed by atoms with van der Waals surface area (Å²) in [7, 11) is 0. The van der Waals surface area contributed by atoms with Gasteiger partial charge in [-0.3, -0.25) is 4.79 Å². The summed E-state index contributed by atoms with van der Waals surface area (Å²) < 4.78 is 31.7. The Labute approximate surface area is 207 Å². The first-order valence-electron chi connectivity index (χ1n) is 11.8.